The van der Waals surface area contributed by atoms with Crippen molar-refractivity contribution < 1.29 is 13.9 Å². The molecule has 0 aromatic carbocycles. The molecule has 1 atom stereocenters. The van der Waals surface area contributed by atoms with Gasteiger partial charge in [-0.3, -0.25) is 4.79 Å². The average molecular weight is 340 g/mol. The van der Waals surface area contributed by atoms with Crippen LogP contribution in [0.2, 0.25) is 0 Å². The van der Waals surface area contributed by atoms with E-state index < -0.39 is 0 Å². The van der Waals surface area contributed by atoms with Crippen molar-refractivity contribution in [1.82, 2.24) is 14.5 Å². The van der Waals surface area contributed by atoms with E-state index in [0.717, 1.165) is 48.3 Å². The summed E-state index contributed by atoms with van der Waals surface area (Å²) >= 11 is 0. The predicted molar refractivity (Wildman–Crippen MR) is 92.6 cm³/mol. The van der Waals surface area contributed by atoms with Gasteiger partial charge in [0.2, 0.25) is 0 Å². The van der Waals surface area contributed by atoms with Crippen molar-refractivity contribution in [2.45, 2.75) is 39.3 Å². The van der Waals surface area contributed by atoms with Crippen LogP contribution in [0.1, 0.15) is 34.7 Å². The molecule has 1 aliphatic heterocycles. The molecule has 25 heavy (non-hydrogen) atoms. The smallest absolute Gasteiger partial charge is 0.292 e. The first-order chi connectivity index (χ1) is 12.1. The molecule has 1 aliphatic rings. The summed E-state index contributed by atoms with van der Waals surface area (Å²) < 4.78 is 13.1. The molecule has 4 rings (SSSR count). The molecule has 0 spiro atoms. The van der Waals surface area contributed by atoms with Crippen LogP contribution in [-0.2, 0) is 11.3 Å². The Labute approximate surface area is 145 Å². The number of ether oxygens (including phenoxy) is 1. The topological polar surface area (TPSA) is 82.2 Å². The maximum atomic E-state index is 12.3. The molecule has 0 radical (unpaired) electrons. The van der Waals surface area contributed by atoms with Crippen LogP contribution >= 0.6 is 0 Å². The summed E-state index contributed by atoms with van der Waals surface area (Å²) in [7, 11) is 0. The molecule has 0 saturated carbocycles. The Morgan fingerprint density at radius 2 is 2.28 bits per heavy atom. The Hall–Kier alpha value is -2.67. The van der Waals surface area contributed by atoms with Gasteiger partial charge >= 0.3 is 0 Å². The van der Waals surface area contributed by atoms with Gasteiger partial charge in [0, 0.05) is 12.3 Å². The number of aryl methyl sites for hydroxylation is 1. The maximum Gasteiger partial charge on any atom is 0.292 e. The number of fused-ring (bicyclic) bond motifs is 1. The summed E-state index contributed by atoms with van der Waals surface area (Å²) in [5.41, 5.74) is 2.98. The van der Waals surface area contributed by atoms with Crippen LogP contribution in [0.25, 0.3) is 11.0 Å². The van der Waals surface area contributed by atoms with E-state index in [-0.39, 0.29) is 17.8 Å². The highest BCUT2D eigenvalue weighted by atomic mass is 16.5. The van der Waals surface area contributed by atoms with Gasteiger partial charge in [0.25, 0.3) is 5.91 Å². The number of anilines is 1. The normalized spacial score (nSPS) is 17.3. The van der Waals surface area contributed by atoms with Gasteiger partial charge in [-0.25, -0.2) is 9.97 Å². The number of amides is 1. The minimum absolute atomic E-state index is 0.213. The lowest BCUT2D eigenvalue weighted by atomic mass is 10.2. The molecule has 130 valence electrons. The summed E-state index contributed by atoms with van der Waals surface area (Å²) in [4.78, 5) is 21.0. The Kier molecular flexibility index (Phi) is 4.01. The average Bonchev–Trinajstić information content (AvgIpc) is 3.34. The third-order valence-electron chi connectivity index (χ3n) is 4.79. The molecule has 0 aliphatic carbocycles. The number of carbonyl (C=O) groups is 1. The largest absolute Gasteiger partial charge is 0.459 e. The lowest BCUT2D eigenvalue weighted by molar-refractivity contribution is 0.0974. The number of hydrogen-bond donors (Lipinski definition) is 1. The maximum absolute atomic E-state index is 12.3. The third kappa shape index (κ3) is 2.80. The van der Waals surface area contributed by atoms with Crippen molar-refractivity contribution in [1.29, 1.82) is 0 Å². The number of hydrogen-bond acceptors (Lipinski definition) is 5. The second-order valence-corrected chi connectivity index (χ2v) is 6.31. The van der Waals surface area contributed by atoms with E-state index in [9.17, 15) is 4.79 Å². The predicted octanol–water partition coefficient (Wildman–Crippen LogP) is 3.07. The highest BCUT2D eigenvalue weighted by molar-refractivity contribution is 6.06. The highest BCUT2D eigenvalue weighted by Crippen LogP contribution is 2.30. The van der Waals surface area contributed by atoms with Gasteiger partial charge in [0.1, 0.15) is 17.8 Å². The molecule has 1 N–H and O–H groups in total. The molecule has 4 heterocycles. The van der Waals surface area contributed by atoms with E-state index in [2.05, 4.69) is 26.8 Å². The van der Waals surface area contributed by atoms with Crippen molar-refractivity contribution in [2.24, 2.45) is 0 Å². The number of aromatic nitrogens is 3. The fourth-order valence-corrected chi connectivity index (χ4v) is 3.36. The lowest BCUT2D eigenvalue weighted by Crippen LogP contribution is -2.16. The third-order valence-corrected chi connectivity index (χ3v) is 4.79. The van der Waals surface area contributed by atoms with Crippen molar-refractivity contribution in [3.05, 3.63) is 41.7 Å². The highest BCUT2D eigenvalue weighted by Gasteiger charge is 2.22. The first-order valence-corrected chi connectivity index (χ1v) is 8.42. The summed E-state index contributed by atoms with van der Waals surface area (Å²) in [5, 5.41) is 3.69. The van der Waals surface area contributed by atoms with E-state index in [1.54, 1.807) is 12.1 Å². The van der Waals surface area contributed by atoms with E-state index in [0.29, 0.717) is 5.82 Å². The van der Waals surface area contributed by atoms with Crippen molar-refractivity contribution in [3.8, 4) is 0 Å². The molecule has 7 heteroatoms. The molecule has 0 unspecified atom stereocenters. The SMILES string of the molecule is Cc1c(C)n(C[C@@H]2CCCO2)c2ncnc(NC(=O)c3ccco3)c12. The van der Waals surface area contributed by atoms with Gasteiger partial charge < -0.3 is 19.0 Å². The van der Waals surface area contributed by atoms with Gasteiger partial charge in [0.05, 0.1) is 24.3 Å². The molecule has 1 amide bonds. The van der Waals surface area contributed by atoms with E-state index in [4.69, 9.17) is 9.15 Å². The Balaban J connectivity index is 1.72. The summed E-state index contributed by atoms with van der Waals surface area (Å²) in [6.45, 7) is 5.67. The molecular formula is C18H20N4O3. The van der Waals surface area contributed by atoms with E-state index >= 15 is 0 Å². The number of nitrogens with zero attached hydrogens (tertiary/aromatic N) is 3. The van der Waals surface area contributed by atoms with Crippen molar-refractivity contribution in [3.63, 3.8) is 0 Å². The number of rotatable bonds is 4. The van der Waals surface area contributed by atoms with E-state index in [1.807, 2.05) is 6.92 Å². The number of nitrogens with one attached hydrogen (secondary N) is 1. The molecule has 0 bridgehead atoms. The van der Waals surface area contributed by atoms with Crippen LogP contribution in [0, 0.1) is 13.8 Å². The van der Waals surface area contributed by atoms with Crippen LogP contribution in [0.5, 0.6) is 0 Å². The van der Waals surface area contributed by atoms with Crippen LogP contribution in [0.4, 0.5) is 5.82 Å². The minimum Gasteiger partial charge on any atom is -0.459 e. The van der Waals surface area contributed by atoms with Gasteiger partial charge in [-0.05, 0) is 44.4 Å². The summed E-state index contributed by atoms with van der Waals surface area (Å²) in [5.74, 6) is 0.423. The summed E-state index contributed by atoms with van der Waals surface area (Å²) in [6.07, 6.45) is 5.32. The van der Waals surface area contributed by atoms with Crippen LogP contribution in [0.15, 0.2) is 29.1 Å². The monoisotopic (exact) mass is 340 g/mol. The van der Waals surface area contributed by atoms with Gasteiger partial charge in [-0.15, -0.1) is 0 Å². The first-order valence-electron chi connectivity index (χ1n) is 8.42. The fourth-order valence-electron chi connectivity index (χ4n) is 3.36. The van der Waals surface area contributed by atoms with E-state index in [1.165, 1.54) is 12.6 Å². The quantitative estimate of drug-likeness (QED) is 0.789. The molecule has 3 aromatic heterocycles. The zero-order chi connectivity index (χ0) is 17.4. The number of carbonyl (C=O) groups excluding carboxylic acids is 1. The van der Waals surface area contributed by atoms with Crippen molar-refractivity contribution in [2.75, 3.05) is 11.9 Å². The fraction of sp³-hybridized carbons (Fsp3) is 0.389. The standard InChI is InChI=1S/C18H20N4O3/c1-11-12(2)22(9-13-5-3-7-24-13)17-15(11)16(19-10-20-17)21-18(23)14-6-4-8-25-14/h4,6,8,10,13H,3,5,7,9H2,1-2H3,(H,19,20,21,23)/t13-/m0/s1. The van der Waals surface area contributed by atoms with Crippen LogP contribution in [-0.4, -0.2) is 33.2 Å². The lowest BCUT2D eigenvalue weighted by Gasteiger charge is -2.13. The Morgan fingerprint density at radius 3 is 3.00 bits per heavy atom. The van der Waals surface area contributed by atoms with Crippen LogP contribution in [0.3, 0.4) is 0 Å². The molecular weight excluding hydrogens is 320 g/mol. The zero-order valence-corrected chi connectivity index (χ0v) is 14.3. The second-order valence-electron chi connectivity index (χ2n) is 6.31. The summed E-state index contributed by atoms with van der Waals surface area (Å²) in [6, 6.07) is 3.30. The van der Waals surface area contributed by atoms with Gasteiger partial charge in [-0.2, -0.15) is 0 Å². The Bertz CT molecular complexity index is 908. The van der Waals surface area contributed by atoms with Gasteiger partial charge in [0.15, 0.2) is 5.76 Å². The number of furan rings is 1. The Morgan fingerprint density at radius 1 is 1.40 bits per heavy atom. The molecule has 1 saturated heterocycles. The van der Waals surface area contributed by atoms with Gasteiger partial charge in [-0.1, -0.05) is 0 Å². The zero-order valence-electron chi connectivity index (χ0n) is 14.3. The minimum atomic E-state index is -0.325. The van der Waals surface area contributed by atoms with Crippen molar-refractivity contribution >= 4 is 22.8 Å². The second kappa shape index (κ2) is 6.33. The molecule has 1 fully saturated rings. The molecule has 3 aromatic rings. The molecule has 7 nitrogen and oxygen atoms in total. The first kappa shape index (κ1) is 15.8. The van der Waals surface area contributed by atoms with Crippen LogP contribution < -0.4 is 5.32 Å².